The topological polar surface area (TPSA) is 38.9 Å². The zero-order chi connectivity index (χ0) is 16.3. The van der Waals surface area contributed by atoms with Crippen molar-refractivity contribution in [3.63, 3.8) is 0 Å². The second-order valence-electron chi connectivity index (χ2n) is 6.29. The van der Waals surface area contributed by atoms with E-state index in [-0.39, 0.29) is 0 Å². The van der Waals surface area contributed by atoms with Crippen LogP contribution in [0.2, 0.25) is 0 Å². The molecule has 2 aromatic rings. The van der Waals surface area contributed by atoms with E-state index in [1.165, 1.54) is 51.4 Å². The molecule has 2 rings (SSSR count). The molecule has 0 N–H and O–H groups in total. The van der Waals surface area contributed by atoms with Crippen molar-refractivity contribution in [1.82, 2.24) is 10.1 Å². The number of hydrogen-bond acceptors (Lipinski definition) is 3. The molecule has 0 saturated heterocycles. The zero-order valence-electron chi connectivity index (χ0n) is 14.4. The van der Waals surface area contributed by atoms with Crippen LogP contribution in [-0.4, -0.2) is 10.1 Å². The minimum Gasteiger partial charge on any atom is -0.334 e. The van der Waals surface area contributed by atoms with Crippen LogP contribution in [0.25, 0.3) is 11.5 Å². The fourth-order valence-corrected chi connectivity index (χ4v) is 2.77. The normalized spacial score (nSPS) is 11.0. The van der Waals surface area contributed by atoms with Crippen molar-refractivity contribution in [2.24, 2.45) is 0 Å². The van der Waals surface area contributed by atoms with Crippen molar-refractivity contribution in [1.29, 1.82) is 0 Å². The summed E-state index contributed by atoms with van der Waals surface area (Å²) in [5.74, 6) is 1.42. The summed E-state index contributed by atoms with van der Waals surface area (Å²) in [6.45, 7) is 6.19. The average Bonchev–Trinajstić information content (AvgIpc) is 3.02. The van der Waals surface area contributed by atoms with E-state index in [1.54, 1.807) is 0 Å². The van der Waals surface area contributed by atoms with Gasteiger partial charge in [-0.05, 0) is 31.0 Å². The van der Waals surface area contributed by atoms with Gasteiger partial charge in [0.1, 0.15) is 0 Å². The second kappa shape index (κ2) is 10.2. The van der Waals surface area contributed by atoms with Crippen molar-refractivity contribution in [2.45, 2.75) is 71.1 Å². The van der Waals surface area contributed by atoms with Gasteiger partial charge in [-0.25, -0.2) is 0 Å². The molecule has 3 heteroatoms. The number of aryl methyl sites for hydroxylation is 1. The van der Waals surface area contributed by atoms with Crippen LogP contribution in [0.5, 0.6) is 0 Å². The summed E-state index contributed by atoms with van der Waals surface area (Å²) >= 11 is 0. The number of nitrogens with zero attached hydrogens (tertiary/aromatic N) is 2. The van der Waals surface area contributed by atoms with E-state index in [0.29, 0.717) is 5.89 Å². The van der Waals surface area contributed by atoms with Crippen LogP contribution in [0.15, 0.2) is 28.8 Å². The Morgan fingerprint density at radius 3 is 2.35 bits per heavy atom. The van der Waals surface area contributed by atoms with Crippen LogP contribution in [0, 0.1) is 6.92 Å². The Bertz CT molecular complexity index is 562. The molecule has 3 nitrogen and oxygen atoms in total. The summed E-state index contributed by atoms with van der Waals surface area (Å²) in [5.41, 5.74) is 1.91. The Hall–Kier alpha value is -1.64. The van der Waals surface area contributed by atoms with Gasteiger partial charge < -0.3 is 4.52 Å². The van der Waals surface area contributed by atoms with Gasteiger partial charge in [0.2, 0.25) is 0 Å². The molecule has 125 valence electrons. The molecule has 0 aliphatic carbocycles. The number of unbranched alkanes of at least 4 members (excludes halogenated alkanes) is 8. The number of hydrogen-bond donors (Lipinski definition) is 0. The lowest BCUT2D eigenvalue weighted by Crippen LogP contribution is -1.89. The van der Waals surface area contributed by atoms with E-state index in [1.807, 2.05) is 24.3 Å². The molecular weight excluding hydrogens is 284 g/mol. The Labute approximate surface area is 140 Å². The quantitative estimate of drug-likeness (QED) is 0.478. The van der Waals surface area contributed by atoms with Crippen molar-refractivity contribution in [2.75, 3.05) is 0 Å². The van der Waals surface area contributed by atoms with Gasteiger partial charge in [-0.3, -0.25) is 0 Å². The maximum atomic E-state index is 5.35. The highest BCUT2D eigenvalue weighted by molar-refractivity contribution is 5.54. The molecule has 1 aromatic heterocycles. The maximum absolute atomic E-state index is 5.35. The Morgan fingerprint density at radius 1 is 0.957 bits per heavy atom. The SMILES string of the molecule is [CH2]c1cccc(-c2nc(CCCCCCCCCCC)no2)c1. The van der Waals surface area contributed by atoms with Crippen molar-refractivity contribution in [3.05, 3.63) is 42.6 Å². The molecule has 0 spiro atoms. The first-order valence-electron chi connectivity index (χ1n) is 9.04. The standard InChI is InChI=1S/C20H29N2O/c1-3-4-5-6-7-8-9-10-11-15-19-21-20(23-22-19)18-14-12-13-17(2)16-18/h12-14,16H,2-11,15H2,1H3. The minimum atomic E-state index is 0.599. The summed E-state index contributed by atoms with van der Waals surface area (Å²) in [6.07, 6.45) is 12.9. The van der Waals surface area contributed by atoms with Crippen LogP contribution in [0.3, 0.4) is 0 Å². The third kappa shape index (κ3) is 6.55. The first kappa shape index (κ1) is 17.7. The first-order valence-corrected chi connectivity index (χ1v) is 9.04. The van der Waals surface area contributed by atoms with Crippen LogP contribution in [0.4, 0.5) is 0 Å². The highest BCUT2D eigenvalue weighted by Gasteiger charge is 2.08. The van der Waals surface area contributed by atoms with Gasteiger partial charge in [0.05, 0.1) is 0 Å². The van der Waals surface area contributed by atoms with Crippen molar-refractivity contribution >= 4 is 0 Å². The van der Waals surface area contributed by atoms with Gasteiger partial charge in [-0.2, -0.15) is 4.98 Å². The molecule has 0 aliphatic heterocycles. The molecular formula is C20H29N2O. The van der Waals surface area contributed by atoms with Crippen molar-refractivity contribution in [3.8, 4) is 11.5 Å². The summed E-state index contributed by atoms with van der Waals surface area (Å²) < 4.78 is 5.35. The molecule has 1 aromatic carbocycles. The molecule has 1 radical (unpaired) electrons. The number of benzene rings is 1. The lowest BCUT2D eigenvalue weighted by atomic mass is 10.1. The molecule has 1 heterocycles. The first-order chi connectivity index (χ1) is 11.3. The average molecular weight is 313 g/mol. The monoisotopic (exact) mass is 313 g/mol. The second-order valence-corrected chi connectivity index (χ2v) is 6.29. The highest BCUT2D eigenvalue weighted by atomic mass is 16.5. The van der Waals surface area contributed by atoms with E-state index < -0.39 is 0 Å². The van der Waals surface area contributed by atoms with E-state index in [0.717, 1.165) is 29.8 Å². The third-order valence-corrected chi connectivity index (χ3v) is 4.15. The van der Waals surface area contributed by atoms with E-state index >= 15 is 0 Å². The van der Waals surface area contributed by atoms with Gasteiger partial charge >= 0.3 is 0 Å². The van der Waals surface area contributed by atoms with Gasteiger partial charge in [-0.1, -0.05) is 75.6 Å². The Kier molecular flexibility index (Phi) is 7.85. The maximum Gasteiger partial charge on any atom is 0.257 e. The van der Waals surface area contributed by atoms with Crippen LogP contribution < -0.4 is 0 Å². The number of aromatic nitrogens is 2. The fourth-order valence-electron chi connectivity index (χ4n) is 2.77. The van der Waals surface area contributed by atoms with Gasteiger partial charge in [0.25, 0.3) is 5.89 Å². The lowest BCUT2D eigenvalue weighted by molar-refractivity contribution is 0.421. The van der Waals surface area contributed by atoms with Crippen molar-refractivity contribution < 1.29 is 4.52 Å². The molecule has 23 heavy (non-hydrogen) atoms. The number of rotatable bonds is 11. The van der Waals surface area contributed by atoms with E-state index in [2.05, 4.69) is 24.0 Å². The van der Waals surface area contributed by atoms with E-state index in [9.17, 15) is 0 Å². The largest absolute Gasteiger partial charge is 0.334 e. The van der Waals surface area contributed by atoms with Gasteiger partial charge in [0, 0.05) is 12.0 Å². The van der Waals surface area contributed by atoms with Gasteiger partial charge in [0.15, 0.2) is 5.82 Å². The molecule has 0 saturated carbocycles. The van der Waals surface area contributed by atoms with Gasteiger partial charge in [-0.15, -0.1) is 0 Å². The molecule has 0 atom stereocenters. The Balaban J connectivity index is 1.62. The zero-order valence-corrected chi connectivity index (χ0v) is 14.4. The van der Waals surface area contributed by atoms with Crippen LogP contribution in [0.1, 0.15) is 76.1 Å². The predicted octanol–water partition coefficient (Wildman–Crippen LogP) is 5.99. The lowest BCUT2D eigenvalue weighted by Gasteiger charge is -2.00. The molecule has 0 amide bonds. The minimum absolute atomic E-state index is 0.599. The highest BCUT2D eigenvalue weighted by Crippen LogP contribution is 2.19. The summed E-state index contributed by atoms with van der Waals surface area (Å²) in [6, 6.07) is 7.87. The predicted molar refractivity (Wildman–Crippen MR) is 95.1 cm³/mol. The summed E-state index contributed by atoms with van der Waals surface area (Å²) in [5, 5.41) is 4.08. The van der Waals surface area contributed by atoms with Crippen LogP contribution >= 0.6 is 0 Å². The van der Waals surface area contributed by atoms with Crippen LogP contribution in [-0.2, 0) is 6.42 Å². The van der Waals surface area contributed by atoms with E-state index in [4.69, 9.17) is 4.52 Å². The summed E-state index contributed by atoms with van der Waals surface area (Å²) in [7, 11) is 0. The molecule has 0 unspecified atom stereocenters. The molecule has 0 aliphatic rings. The molecule has 0 fully saturated rings. The third-order valence-electron chi connectivity index (χ3n) is 4.15. The molecule has 0 bridgehead atoms. The summed E-state index contributed by atoms with van der Waals surface area (Å²) in [4.78, 5) is 4.48. The Morgan fingerprint density at radius 2 is 1.65 bits per heavy atom. The fraction of sp³-hybridized carbons (Fsp3) is 0.550. The smallest absolute Gasteiger partial charge is 0.257 e.